The molecule has 0 aromatic carbocycles. The third kappa shape index (κ3) is 3.47. The smallest absolute Gasteiger partial charge is 0.270 e. The number of hydrogen-bond acceptors (Lipinski definition) is 5. The summed E-state index contributed by atoms with van der Waals surface area (Å²) in [6.45, 7) is 8.85. The number of H-pyrrole nitrogens is 1. The predicted octanol–water partition coefficient (Wildman–Crippen LogP) is 2.01. The van der Waals surface area contributed by atoms with Crippen molar-refractivity contribution in [3.63, 3.8) is 0 Å². The summed E-state index contributed by atoms with van der Waals surface area (Å²) in [5.41, 5.74) is 3.18. The largest absolute Gasteiger partial charge is 0.354 e. The van der Waals surface area contributed by atoms with Crippen LogP contribution in [0, 0.1) is 20.8 Å². The number of rotatable bonds is 4. The summed E-state index contributed by atoms with van der Waals surface area (Å²) in [6.07, 6.45) is 3.69. The number of nitrogens with zero attached hydrogens (tertiary/aromatic N) is 3. The van der Waals surface area contributed by atoms with Crippen LogP contribution in [0.25, 0.3) is 0 Å². The van der Waals surface area contributed by atoms with Crippen molar-refractivity contribution < 1.29 is 4.79 Å². The van der Waals surface area contributed by atoms with Gasteiger partial charge in [-0.05, 0) is 52.2 Å². The molecule has 0 spiro atoms. The third-order valence-electron chi connectivity index (χ3n) is 5.02. The fourth-order valence-corrected chi connectivity index (χ4v) is 3.56. The van der Waals surface area contributed by atoms with E-state index in [1.54, 1.807) is 0 Å². The lowest BCUT2D eigenvalue weighted by molar-refractivity contribution is 0.0945. The number of hydrogen-bond donors (Lipinski definition) is 2. The molecule has 0 aliphatic carbocycles. The molecule has 1 fully saturated rings. The Labute approximate surface area is 152 Å². The standard InChI is InChI=1S/C19H25N5O2/c1-11-8-12(2)23-18(25)15(11)9-20-19(26)16-14(4)17(22-10-21-16)24-7-5-6-13(24)3/h8,10,13H,5-7,9H2,1-4H3,(H,20,26)(H,23,25)/t13-/m0/s1. The number of nitrogens with one attached hydrogen (secondary N) is 2. The maximum atomic E-state index is 12.6. The molecule has 2 N–H and O–H groups in total. The lowest BCUT2D eigenvalue weighted by Crippen LogP contribution is -2.31. The first-order valence-corrected chi connectivity index (χ1v) is 8.94. The van der Waals surface area contributed by atoms with Gasteiger partial charge >= 0.3 is 0 Å². The molecule has 7 heteroatoms. The van der Waals surface area contributed by atoms with Gasteiger partial charge in [0.05, 0.1) is 0 Å². The molecule has 3 rings (SSSR count). The van der Waals surface area contributed by atoms with Crippen LogP contribution < -0.4 is 15.8 Å². The first-order chi connectivity index (χ1) is 12.4. The number of anilines is 1. The lowest BCUT2D eigenvalue weighted by Gasteiger charge is -2.24. The molecule has 138 valence electrons. The van der Waals surface area contributed by atoms with Gasteiger partial charge in [0.15, 0.2) is 0 Å². The fourth-order valence-electron chi connectivity index (χ4n) is 3.56. The van der Waals surface area contributed by atoms with Gasteiger partial charge in [-0.2, -0.15) is 0 Å². The van der Waals surface area contributed by atoms with Crippen LogP contribution >= 0.6 is 0 Å². The summed E-state index contributed by atoms with van der Waals surface area (Å²) >= 11 is 0. The van der Waals surface area contributed by atoms with Crippen LogP contribution in [0.15, 0.2) is 17.2 Å². The minimum Gasteiger partial charge on any atom is -0.354 e. The van der Waals surface area contributed by atoms with E-state index in [0.717, 1.165) is 42.0 Å². The Bertz CT molecular complexity index is 890. The SMILES string of the molecule is Cc1cc(C)c(CNC(=O)c2ncnc(N3CCC[C@@H]3C)c2C)c(=O)[nH]1. The predicted molar refractivity (Wildman–Crippen MR) is 101 cm³/mol. The summed E-state index contributed by atoms with van der Waals surface area (Å²) in [5.74, 6) is 0.525. The molecule has 2 aromatic rings. The zero-order valence-electron chi connectivity index (χ0n) is 15.7. The van der Waals surface area contributed by atoms with Crippen LogP contribution in [-0.2, 0) is 6.54 Å². The average Bonchev–Trinajstić information content (AvgIpc) is 2.99. The fraction of sp³-hybridized carbons (Fsp3) is 0.474. The van der Waals surface area contributed by atoms with E-state index in [2.05, 4.69) is 32.1 Å². The van der Waals surface area contributed by atoms with Crippen molar-refractivity contribution in [1.82, 2.24) is 20.3 Å². The molecular formula is C19H25N5O2. The topological polar surface area (TPSA) is 91.0 Å². The Morgan fingerprint density at radius 1 is 1.35 bits per heavy atom. The molecule has 0 unspecified atom stereocenters. The van der Waals surface area contributed by atoms with E-state index in [1.165, 1.54) is 6.33 Å². The Morgan fingerprint density at radius 2 is 2.12 bits per heavy atom. The van der Waals surface area contributed by atoms with Crippen molar-refractivity contribution in [2.75, 3.05) is 11.4 Å². The lowest BCUT2D eigenvalue weighted by atomic mass is 10.1. The first kappa shape index (κ1) is 18.1. The zero-order valence-corrected chi connectivity index (χ0v) is 15.7. The van der Waals surface area contributed by atoms with Gasteiger partial charge in [-0.15, -0.1) is 0 Å². The Hall–Kier alpha value is -2.70. The number of amides is 1. The van der Waals surface area contributed by atoms with Crippen molar-refractivity contribution in [3.05, 3.63) is 50.8 Å². The van der Waals surface area contributed by atoms with E-state index in [0.29, 0.717) is 17.3 Å². The second-order valence-electron chi connectivity index (χ2n) is 6.98. The van der Waals surface area contributed by atoms with Crippen molar-refractivity contribution in [3.8, 4) is 0 Å². The maximum absolute atomic E-state index is 12.6. The van der Waals surface area contributed by atoms with Gasteiger partial charge in [0.2, 0.25) is 0 Å². The van der Waals surface area contributed by atoms with Crippen molar-refractivity contribution in [1.29, 1.82) is 0 Å². The molecule has 1 amide bonds. The van der Waals surface area contributed by atoms with Crippen LogP contribution in [0.2, 0.25) is 0 Å². The van der Waals surface area contributed by atoms with E-state index in [4.69, 9.17) is 0 Å². The molecular weight excluding hydrogens is 330 g/mol. The van der Waals surface area contributed by atoms with Gasteiger partial charge in [0.1, 0.15) is 17.8 Å². The van der Waals surface area contributed by atoms with Crippen LogP contribution in [0.5, 0.6) is 0 Å². The molecule has 0 bridgehead atoms. The van der Waals surface area contributed by atoms with E-state index >= 15 is 0 Å². The van der Waals surface area contributed by atoms with Crippen LogP contribution in [0.1, 0.15) is 52.6 Å². The van der Waals surface area contributed by atoms with E-state index < -0.39 is 0 Å². The van der Waals surface area contributed by atoms with Crippen LogP contribution in [0.3, 0.4) is 0 Å². The monoisotopic (exact) mass is 355 g/mol. The number of aromatic amines is 1. The minimum atomic E-state index is -0.294. The Balaban J connectivity index is 1.80. The van der Waals surface area contributed by atoms with Crippen molar-refractivity contribution in [2.24, 2.45) is 0 Å². The molecule has 0 radical (unpaired) electrons. The highest BCUT2D eigenvalue weighted by Gasteiger charge is 2.25. The molecule has 1 atom stereocenters. The molecule has 1 saturated heterocycles. The molecule has 3 heterocycles. The highest BCUT2D eigenvalue weighted by molar-refractivity contribution is 5.94. The number of aryl methyl sites for hydroxylation is 2. The van der Waals surface area contributed by atoms with E-state index in [1.807, 2.05) is 26.8 Å². The summed E-state index contributed by atoms with van der Waals surface area (Å²) in [6, 6.07) is 2.30. The minimum absolute atomic E-state index is 0.166. The summed E-state index contributed by atoms with van der Waals surface area (Å²) < 4.78 is 0. The van der Waals surface area contributed by atoms with Crippen molar-refractivity contribution in [2.45, 2.75) is 53.1 Å². The first-order valence-electron chi connectivity index (χ1n) is 8.94. The number of pyridine rings is 1. The van der Waals surface area contributed by atoms with Gasteiger partial charge in [0, 0.05) is 36.0 Å². The van der Waals surface area contributed by atoms with E-state index in [9.17, 15) is 9.59 Å². The van der Waals surface area contributed by atoms with Gasteiger partial charge in [-0.1, -0.05) is 0 Å². The third-order valence-corrected chi connectivity index (χ3v) is 5.02. The summed E-state index contributed by atoms with van der Waals surface area (Å²) in [7, 11) is 0. The zero-order chi connectivity index (χ0) is 18.8. The second kappa shape index (κ2) is 7.27. The highest BCUT2D eigenvalue weighted by atomic mass is 16.2. The molecule has 2 aromatic heterocycles. The summed E-state index contributed by atoms with van der Waals surface area (Å²) in [4.78, 5) is 38.3. The molecule has 1 aliphatic rings. The average molecular weight is 355 g/mol. The number of carbonyl (C=O) groups is 1. The maximum Gasteiger partial charge on any atom is 0.270 e. The highest BCUT2D eigenvalue weighted by Crippen LogP contribution is 2.27. The Morgan fingerprint density at radius 3 is 2.77 bits per heavy atom. The van der Waals surface area contributed by atoms with Gasteiger partial charge < -0.3 is 15.2 Å². The quantitative estimate of drug-likeness (QED) is 0.875. The second-order valence-corrected chi connectivity index (χ2v) is 6.98. The molecule has 26 heavy (non-hydrogen) atoms. The number of aromatic nitrogens is 3. The molecule has 0 saturated carbocycles. The molecule has 7 nitrogen and oxygen atoms in total. The summed E-state index contributed by atoms with van der Waals surface area (Å²) in [5, 5.41) is 2.82. The Kier molecular flexibility index (Phi) is 5.06. The van der Waals surface area contributed by atoms with Crippen LogP contribution in [-0.4, -0.2) is 33.4 Å². The van der Waals surface area contributed by atoms with Gasteiger partial charge in [-0.3, -0.25) is 9.59 Å². The van der Waals surface area contributed by atoms with E-state index in [-0.39, 0.29) is 18.0 Å². The normalized spacial score (nSPS) is 16.8. The van der Waals surface area contributed by atoms with Crippen LogP contribution in [0.4, 0.5) is 5.82 Å². The number of carbonyl (C=O) groups excluding carboxylic acids is 1. The molecule has 1 aliphatic heterocycles. The van der Waals surface area contributed by atoms with Gasteiger partial charge in [-0.25, -0.2) is 9.97 Å². The van der Waals surface area contributed by atoms with Gasteiger partial charge in [0.25, 0.3) is 11.5 Å². The van der Waals surface area contributed by atoms with Crippen molar-refractivity contribution >= 4 is 11.7 Å².